The molecule has 0 saturated carbocycles. The number of carbonyl (C=O) groups excluding carboxylic acids is 2. The van der Waals surface area contributed by atoms with Crippen molar-refractivity contribution in [1.29, 1.82) is 0 Å². The van der Waals surface area contributed by atoms with Gasteiger partial charge in [0.05, 0.1) is 32.0 Å². The van der Waals surface area contributed by atoms with Gasteiger partial charge in [0.2, 0.25) is 0 Å². The van der Waals surface area contributed by atoms with Gasteiger partial charge in [-0.1, -0.05) is 22.0 Å². The Kier molecular flexibility index (Phi) is 4.32. The van der Waals surface area contributed by atoms with Crippen LogP contribution < -0.4 is 14.4 Å². The number of fused-ring (bicyclic) bond motifs is 1. The van der Waals surface area contributed by atoms with Gasteiger partial charge in [0.15, 0.2) is 11.5 Å². The Morgan fingerprint density at radius 1 is 1.04 bits per heavy atom. The summed E-state index contributed by atoms with van der Waals surface area (Å²) in [6.45, 7) is 2.18. The fourth-order valence-electron chi connectivity index (χ4n) is 2.92. The van der Waals surface area contributed by atoms with Crippen LogP contribution in [0.3, 0.4) is 0 Å². The summed E-state index contributed by atoms with van der Waals surface area (Å²) in [4.78, 5) is 26.2. The summed E-state index contributed by atoms with van der Waals surface area (Å²) in [7, 11) is 3.13. The molecule has 5 nitrogen and oxygen atoms in total. The highest BCUT2D eigenvalue weighted by Gasteiger charge is 2.37. The molecule has 1 amide bonds. The average Bonchev–Trinajstić information content (AvgIpc) is 2.80. The third kappa shape index (κ3) is 2.67. The maximum Gasteiger partial charge on any atom is 0.299 e. The van der Waals surface area contributed by atoms with Crippen molar-refractivity contribution in [3.8, 4) is 11.5 Å². The number of benzene rings is 2. The molecule has 0 aromatic heterocycles. The maximum absolute atomic E-state index is 12.4. The van der Waals surface area contributed by atoms with Gasteiger partial charge in [-0.05, 0) is 42.3 Å². The molecule has 1 aliphatic heterocycles. The predicted octanol–water partition coefficient (Wildman–Crippen LogP) is 3.50. The number of anilines is 1. The van der Waals surface area contributed by atoms with E-state index in [1.165, 1.54) is 4.90 Å². The molecule has 0 N–H and O–H groups in total. The number of carbonyl (C=O) groups is 2. The Hall–Kier alpha value is -2.34. The number of aryl methyl sites for hydroxylation is 1. The van der Waals surface area contributed by atoms with Crippen LogP contribution >= 0.6 is 15.9 Å². The first-order chi connectivity index (χ1) is 11.5. The number of ether oxygens (including phenoxy) is 2. The van der Waals surface area contributed by atoms with Crippen LogP contribution in [-0.2, 0) is 11.3 Å². The molecule has 1 heterocycles. The molecule has 0 radical (unpaired) electrons. The molecule has 3 rings (SSSR count). The quantitative estimate of drug-likeness (QED) is 0.750. The van der Waals surface area contributed by atoms with Crippen molar-refractivity contribution in [2.45, 2.75) is 13.5 Å². The van der Waals surface area contributed by atoms with Crippen LogP contribution in [0.15, 0.2) is 34.8 Å². The zero-order valence-electron chi connectivity index (χ0n) is 13.6. The van der Waals surface area contributed by atoms with Gasteiger partial charge in [0.1, 0.15) is 0 Å². The molecule has 6 heteroatoms. The number of Topliss-reactive ketones (excluding diaryl/α,β-unsaturated/α-hetero) is 1. The van der Waals surface area contributed by atoms with Crippen molar-refractivity contribution in [3.63, 3.8) is 0 Å². The summed E-state index contributed by atoms with van der Waals surface area (Å²) >= 11 is 3.37. The van der Waals surface area contributed by atoms with E-state index in [0.717, 1.165) is 15.6 Å². The Balaban J connectivity index is 2.00. The van der Waals surface area contributed by atoms with Gasteiger partial charge in [0, 0.05) is 4.47 Å². The fraction of sp³-hybridized carbons (Fsp3) is 0.222. The zero-order valence-corrected chi connectivity index (χ0v) is 15.1. The maximum atomic E-state index is 12.4. The second-order valence-electron chi connectivity index (χ2n) is 5.53. The highest BCUT2D eigenvalue weighted by molar-refractivity contribution is 9.10. The predicted molar refractivity (Wildman–Crippen MR) is 93.9 cm³/mol. The number of methoxy groups -OCH3 is 2. The van der Waals surface area contributed by atoms with E-state index in [0.29, 0.717) is 29.3 Å². The van der Waals surface area contributed by atoms with Crippen molar-refractivity contribution in [2.24, 2.45) is 0 Å². The number of halogens is 1. The summed E-state index contributed by atoms with van der Waals surface area (Å²) < 4.78 is 11.3. The number of hydrogen-bond acceptors (Lipinski definition) is 4. The average molecular weight is 390 g/mol. The van der Waals surface area contributed by atoms with Crippen LogP contribution in [0.2, 0.25) is 0 Å². The number of nitrogens with zero attached hydrogens (tertiary/aromatic N) is 1. The molecule has 2 aromatic carbocycles. The van der Waals surface area contributed by atoms with Gasteiger partial charge in [-0.15, -0.1) is 0 Å². The molecule has 0 bridgehead atoms. The van der Waals surface area contributed by atoms with Gasteiger partial charge in [-0.3, -0.25) is 9.59 Å². The molecule has 124 valence electrons. The van der Waals surface area contributed by atoms with Crippen molar-refractivity contribution in [3.05, 3.63) is 51.5 Å². The van der Waals surface area contributed by atoms with Crippen molar-refractivity contribution in [2.75, 3.05) is 19.1 Å². The van der Waals surface area contributed by atoms with Gasteiger partial charge in [-0.2, -0.15) is 0 Å². The Labute approximate surface area is 148 Å². The van der Waals surface area contributed by atoms with Crippen molar-refractivity contribution < 1.29 is 19.1 Å². The standard InChI is InChI=1S/C18H16BrNO4/c1-10-6-12(19)8-13-16(10)20(18(22)17(13)21)9-11-4-5-14(23-2)15(7-11)24-3/h4-8H,9H2,1-3H3. The minimum atomic E-state index is -0.513. The Bertz CT molecular complexity index is 847. The van der Waals surface area contributed by atoms with Crippen molar-refractivity contribution in [1.82, 2.24) is 0 Å². The highest BCUT2D eigenvalue weighted by Crippen LogP contribution is 2.37. The smallest absolute Gasteiger partial charge is 0.299 e. The third-order valence-electron chi connectivity index (χ3n) is 4.01. The van der Waals surface area contributed by atoms with E-state index in [2.05, 4.69) is 15.9 Å². The molecule has 0 atom stereocenters. The summed E-state index contributed by atoms with van der Waals surface area (Å²) in [5.74, 6) is 0.210. The van der Waals surface area contributed by atoms with Gasteiger partial charge < -0.3 is 14.4 Å². The van der Waals surface area contributed by atoms with Crippen molar-refractivity contribution >= 4 is 33.3 Å². The lowest BCUT2D eigenvalue weighted by Crippen LogP contribution is -2.29. The number of hydrogen-bond donors (Lipinski definition) is 0. The molecular formula is C18H16BrNO4. The fourth-order valence-corrected chi connectivity index (χ4v) is 3.49. The summed E-state index contributed by atoms with van der Waals surface area (Å²) in [5.41, 5.74) is 2.83. The lowest BCUT2D eigenvalue weighted by molar-refractivity contribution is -0.114. The van der Waals surface area contributed by atoms with E-state index >= 15 is 0 Å². The van der Waals surface area contributed by atoms with Gasteiger partial charge in [-0.25, -0.2) is 0 Å². The highest BCUT2D eigenvalue weighted by atomic mass is 79.9. The first kappa shape index (κ1) is 16.5. The lowest BCUT2D eigenvalue weighted by atomic mass is 10.1. The first-order valence-corrected chi connectivity index (χ1v) is 8.12. The van der Waals surface area contributed by atoms with Crippen LogP contribution in [0.4, 0.5) is 5.69 Å². The first-order valence-electron chi connectivity index (χ1n) is 7.33. The summed E-state index contributed by atoms with van der Waals surface area (Å²) in [6, 6.07) is 9.03. The number of amides is 1. The normalized spacial score (nSPS) is 13.2. The van der Waals surface area contributed by atoms with E-state index in [1.54, 1.807) is 26.4 Å². The minimum absolute atomic E-state index is 0.292. The van der Waals surface area contributed by atoms with Crippen LogP contribution in [0.5, 0.6) is 11.5 Å². The van der Waals surface area contributed by atoms with E-state index in [4.69, 9.17) is 9.47 Å². The molecular weight excluding hydrogens is 374 g/mol. The Morgan fingerprint density at radius 2 is 1.75 bits per heavy atom. The van der Waals surface area contributed by atoms with Crippen LogP contribution in [0.1, 0.15) is 21.5 Å². The number of rotatable bonds is 4. The molecule has 1 aliphatic rings. The molecule has 0 fully saturated rings. The van der Waals surface area contributed by atoms with Gasteiger partial charge in [0.25, 0.3) is 11.7 Å². The lowest BCUT2D eigenvalue weighted by Gasteiger charge is -2.19. The summed E-state index contributed by atoms with van der Waals surface area (Å²) in [5, 5.41) is 0. The Morgan fingerprint density at radius 3 is 2.42 bits per heavy atom. The van der Waals surface area contributed by atoms with Crippen LogP contribution in [0, 0.1) is 6.92 Å². The topological polar surface area (TPSA) is 55.8 Å². The monoisotopic (exact) mass is 389 g/mol. The zero-order chi connectivity index (χ0) is 17.4. The molecule has 24 heavy (non-hydrogen) atoms. The summed E-state index contributed by atoms with van der Waals surface area (Å²) in [6.07, 6.45) is 0. The van der Waals surface area contributed by atoms with E-state index in [9.17, 15) is 9.59 Å². The molecule has 0 aliphatic carbocycles. The minimum Gasteiger partial charge on any atom is -0.493 e. The second-order valence-corrected chi connectivity index (χ2v) is 6.44. The molecule has 0 spiro atoms. The van der Waals surface area contributed by atoms with Crippen LogP contribution in [-0.4, -0.2) is 25.9 Å². The second kappa shape index (κ2) is 6.28. The molecule has 2 aromatic rings. The third-order valence-corrected chi connectivity index (χ3v) is 4.47. The largest absolute Gasteiger partial charge is 0.493 e. The van der Waals surface area contributed by atoms with E-state index in [-0.39, 0.29) is 0 Å². The van der Waals surface area contributed by atoms with E-state index < -0.39 is 11.7 Å². The molecule has 0 unspecified atom stereocenters. The van der Waals surface area contributed by atoms with Gasteiger partial charge >= 0.3 is 0 Å². The number of ketones is 1. The molecule has 0 saturated heterocycles. The van der Waals surface area contributed by atoms with E-state index in [1.807, 2.05) is 25.1 Å². The SMILES string of the molecule is COc1ccc(CN2C(=O)C(=O)c3cc(Br)cc(C)c32)cc1OC. The van der Waals surface area contributed by atoms with Crippen LogP contribution in [0.25, 0.3) is 0 Å².